The van der Waals surface area contributed by atoms with Gasteiger partial charge < -0.3 is 19.3 Å². The van der Waals surface area contributed by atoms with E-state index in [0.29, 0.717) is 0 Å². The molecule has 6 aliphatic rings. The van der Waals surface area contributed by atoms with Crippen molar-refractivity contribution in [3.05, 3.63) is 140 Å². The highest BCUT2D eigenvalue weighted by Gasteiger charge is 2.55. The molecule has 0 atom stereocenters. The molecule has 0 spiro atoms. The lowest BCUT2D eigenvalue weighted by molar-refractivity contribution is 0.487. The number of hydrogen-bond donors (Lipinski definition) is 0. The maximum Gasteiger partial charge on any atom is 0.333 e. The van der Waals surface area contributed by atoms with E-state index in [1.165, 1.54) is 89.4 Å². The Bertz CT molecular complexity index is 2650. The van der Waals surface area contributed by atoms with E-state index >= 15 is 0 Å². The predicted molar refractivity (Wildman–Crippen MR) is 199 cm³/mol. The monoisotopic (exact) mass is 607 g/mol. The highest BCUT2D eigenvalue weighted by atomic mass is 16.5. The average Bonchev–Trinajstić information content (AvgIpc) is 3.15. The van der Waals surface area contributed by atoms with Crippen molar-refractivity contribution in [1.29, 1.82) is 0 Å². The van der Waals surface area contributed by atoms with Crippen LogP contribution in [-0.4, -0.2) is 13.6 Å². The van der Waals surface area contributed by atoms with Crippen LogP contribution in [-0.2, 0) is 0 Å². The number of ether oxygens (including phenoxy) is 1. The number of benzene rings is 7. The summed E-state index contributed by atoms with van der Waals surface area (Å²) >= 11 is 0. The minimum Gasteiger partial charge on any atom is -0.458 e. The van der Waals surface area contributed by atoms with Crippen LogP contribution in [0.1, 0.15) is 0 Å². The zero-order valence-corrected chi connectivity index (χ0v) is 25.7. The van der Waals surface area contributed by atoms with Gasteiger partial charge in [0.05, 0.1) is 0 Å². The van der Waals surface area contributed by atoms with Crippen molar-refractivity contribution >= 4 is 86.4 Å². The first kappa shape index (κ1) is 24.1. The smallest absolute Gasteiger partial charge is 0.333 e. The van der Waals surface area contributed by atoms with E-state index in [9.17, 15) is 0 Å². The normalized spacial score (nSPS) is 15.0. The molecule has 218 valence electrons. The molecule has 0 aromatic heterocycles. The summed E-state index contributed by atoms with van der Waals surface area (Å²) in [6, 6.07) is 51.5. The summed E-state index contributed by atoms with van der Waals surface area (Å²) in [5.74, 6) is 1.90. The fourth-order valence-corrected chi connectivity index (χ4v) is 9.92. The molecular formula is C42H23B2N3O. The van der Waals surface area contributed by atoms with E-state index in [0.717, 1.165) is 17.2 Å². The summed E-state index contributed by atoms with van der Waals surface area (Å²) in [4.78, 5) is 7.71. The van der Waals surface area contributed by atoms with E-state index in [1.54, 1.807) is 0 Å². The second-order valence-electron chi connectivity index (χ2n) is 13.6. The SMILES string of the molecule is c1ccc(N2c3cccc4c3B3c5c(cccc5N5c6cccc7c6B6c8c(cc2c3c85)-c2ccccc2N6c2ccccc2-7)O4)cc1. The van der Waals surface area contributed by atoms with Crippen LogP contribution >= 0.6 is 0 Å². The third-order valence-corrected chi connectivity index (χ3v) is 11.5. The zero-order valence-electron chi connectivity index (χ0n) is 25.7. The molecular weight excluding hydrogens is 584 g/mol. The third-order valence-electron chi connectivity index (χ3n) is 11.5. The standard InChI is InChI=1S/C42H23B2N3O/c1-2-11-24(12-3-1)45-32-19-9-21-35-39(32)43-40-33(20-10-22-36(40)48-35)46-31-18-8-15-27-25-13-4-6-16-29(25)47-30-17-7-5-14-26(30)28-23-34(45)41(43)42(46)38(28)44(47)37(27)31/h1-23H. The molecule has 0 fully saturated rings. The molecule has 6 heteroatoms. The van der Waals surface area contributed by atoms with E-state index in [4.69, 9.17) is 4.74 Å². The minimum absolute atomic E-state index is 0.0546. The van der Waals surface area contributed by atoms with Gasteiger partial charge in [0.25, 0.3) is 6.71 Å². The number of para-hydroxylation sites is 3. The van der Waals surface area contributed by atoms with Gasteiger partial charge in [-0.25, -0.2) is 0 Å². The van der Waals surface area contributed by atoms with Crippen LogP contribution in [0.15, 0.2) is 140 Å². The molecule has 7 aromatic carbocycles. The average molecular weight is 607 g/mol. The van der Waals surface area contributed by atoms with Crippen molar-refractivity contribution in [2.75, 3.05) is 14.6 Å². The number of nitrogens with zero attached hydrogens (tertiary/aromatic N) is 3. The summed E-state index contributed by atoms with van der Waals surface area (Å²) < 4.78 is 6.82. The van der Waals surface area contributed by atoms with Gasteiger partial charge >= 0.3 is 6.85 Å². The lowest BCUT2D eigenvalue weighted by Crippen LogP contribution is -2.70. The van der Waals surface area contributed by atoms with Gasteiger partial charge in [0.15, 0.2) is 0 Å². The molecule has 0 amide bonds. The number of fused-ring (bicyclic) bond motifs is 8. The van der Waals surface area contributed by atoms with Gasteiger partial charge in [-0.3, -0.25) is 0 Å². The summed E-state index contributed by atoms with van der Waals surface area (Å²) in [5.41, 5.74) is 21.8. The number of anilines is 8. The van der Waals surface area contributed by atoms with Crippen LogP contribution in [0.25, 0.3) is 22.3 Å². The van der Waals surface area contributed by atoms with Crippen molar-refractivity contribution in [3.8, 4) is 33.8 Å². The Hall–Kier alpha value is -6.13. The highest BCUT2D eigenvalue weighted by molar-refractivity contribution is 7.04. The van der Waals surface area contributed by atoms with E-state index in [2.05, 4.69) is 154 Å². The van der Waals surface area contributed by atoms with Crippen molar-refractivity contribution in [2.24, 2.45) is 0 Å². The lowest BCUT2D eigenvalue weighted by atomic mass is 9.30. The predicted octanol–water partition coefficient (Wildman–Crippen LogP) is 7.09. The highest BCUT2D eigenvalue weighted by Crippen LogP contribution is 2.55. The van der Waals surface area contributed by atoms with Crippen LogP contribution in [0.4, 0.5) is 45.5 Å². The van der Waals surface area contributed by atoms with Gasteiger partial charge in [0, 0.05) is 56.6 Å². The second-order valence-corrected chi connectivity index (χ2v) is 13.6. The summed E-state index contributed by atoms with van der Waals surface area (Å²) in [7, 11) is 0. The first-order valence-corrected chi connectivity index (χ1v) is 16.8. The van der Waals surface area contributed by atoms with Gasteiger partial charge in [-0.1, -0.05) is 78.9 Å². The van der Waals surface area contributed by atoms with Crippen molar-refractivity contribution in [3.63, 3.8) is 0 Å². The second kappa shape index (κ2) is 8.04. The molecule has 0 radical (unpaired) electrons. The Morgan fingerprint density at radius 1 is 0.396 bits per heavy atom. The van der Waals surface area contributed by atoms with E-state index in [1.807, 2.05) is 0 Å². The van der Waals surface area contributed by atoms with Gasteiger partial charge in [0.2, 0.25) is 0 Å². The molecule has 7 aromatic rings. The minimum atomic E-state index is 0.0546. The van der Waals surface area contributed by atoms with Crippen LogP contribution in [0.5, 0.6) is 11.5 Å². The van der Waals surface area contributed by atoms with Crippen LogP contribution < -0.4 is 46.7 Å². The Morgan fingerprint density at radius 2 is 0.958 bits per heavy atom. The number of rotatable bonds is 1. The number of hydrogen-bond acceptors (Lipinski definition) is 4. The van der Waals surface area contributed by atoms with Gasteiger partial charge in [-0.15, -0.1) is 0 Å². The van der Waals surface area contributed by atoms with Gasteiger partial charge in [0.1, 0.15) is 11.5 Å². The summed E-state index contributed by atoms with van der Waals surface area (Å²) in [6.07, 6.45) is 0. The van der Waals surface area contributed by atoms with Crippen LogP contribution in [0.3, 0.4) is 0 Å². The third kappa shape index (κ3) is 2.54. The molecule has 13 rings (SSSR count). The summed E-state index contributed by atoms with van der Waals surface area (Å²) in [5, 5.41) is 0. The Balaban J connectivity index is 1.26. The molecule has 6 heterocycles. The van der Waals surface area contributed by atoms with Gasteiger partial charge in [-0.2, -0.15) is 0 Å². The molecule has 0 saturated heterocycles. The molecule has 0 unspecified atom stereocenters. The maximum atomic E-state index is 6.82. The molecule has 0 bridgehead atoms. The molecule has 0 N–H and O–H groups in total. The fourth-order valence-electron chi connectivity index (χ4n) is 9.92. The Kier molecular flexibility index (Phi) is 4.04. The first-order chi connectivity index (χ1) is 23.9. The topological polar surface area (TPSA) is 19.0 Å². The summed E-state index contributed by atoms with van der Waals surface area (Å²) in [6.45, 7) is 0.118. The van der Waals surface area contributed by atoms with Crippen molar-refractivity contribution in [1.82, 2.24) is 0 Å². The molecule has 0 saturated carbocycles. The zero-order chi connectivity index (χ0) is 30.8. The van der Waals surface area contributed by atoms with Crippen LogP contribution in [0, 0.1) is 0 Å². The largest absolute Gasteiger partial charge is 0.458 e. The lowest BCUT2D eigenvalue weighted by Gasteiger charge is -2.53. The quantitative estimate of drug-likeness (QED) is 0.186. The molecule has 48 heavy (non-hydrogen) atoms. The van der Waals surface area contributed by atoms with Crippen LogP contribution in [0.2, 0.25) is 0 Å². The maximum absolute atomic E-state index is 6.82. The Morgan fingerprint density at radius 3 is 1.69 bits per heavy atom. The molecule has 4 nitrogen and oxygen atoms in total. The van der Waals surface area contributed by atoms with Gasteiger partial charge in [-0.05, 0) is 99.1 Å². The molecule has 6 aliphatic heterocycles. The van der Waals surface area contributed by atoms with E-state index in [-0.39, 0.29) is 13.6 Å². The first-order valence-electron chi connectivity index (χ1n) is 16.8. The molecule has 0 aliphatic carbocycles. The van der Waals surface area contributed by atoms with Crippen molar-refractivity contribution in [2.45, 2.75) is 0 Å². The van der Waals surface area contributed by atoms with E-state index < -0.39 is 0 Å². The fraction of sp³-hybridized carbons (Fsp3) is 0. The Labute approximate surface area is 278 Å². The van der Waals surface area contributed by atoms with Crippen molar-refractivity contribution < 1.29 is 4.74 Å².